The monoisotopic (exact) mass is 239 g/mol. The zero-order chi connectivity index (χ0) is 11.3. The van der Waals surface area contributed by atoms with Crippen molar-refractivity contribution >= 4 is 13.5 Å². The molecule has 0 spiro atoms. The van der Waals surface area contributed by atoms with Gasteiger partial charge in [0.1, 0.15) is 5.69 Å². The lowest BCUT2D eigenvalue weighted by Gasteiger charge is -1.93. The van der Waals surface area contributed by atoms with Crippen molar-refractivity contribution in [2.24, 2.45) is 7.05 Å². The highest BCUT2D eigenvalue weighted by Crippen LogP contribution is 2.09. The van der Waals surface area contributed by atoms with E-state index in [1.807, 2.05) is 32.9 Å². The van der Waals surface area contributed by atoms with Crippen molar-refractivity contribution < 1.29 is 0 Å². The van der Waals surface area contributed by atoms with E-state index in [1.165, 1.54) is 4.80 Å². The Morgan fingerprint density at radius 3 is 2.31 bits per heavy atom. The van der Waals surface area contributed by atoms with Crippen LogP contribution in [0.3, 0.4) is 0 Å². The Morgan fingerprint density at radius 1 is 1.19 bits per heavy atom. The molecule has 0 saturated heterocycles. The Kier molecular flexibility index (Phi) is 6.32. The van der Waals surface area contributed by atoms with Crippen molar-refractivity contribution in [3.8, 4) is 11.5 Å². The first-order valence-electron chi connectivity index (χ1n) is 4.93. The maximum Gasteiger partial charge on any atom is 0.223 e. The third-order valence-corrected chi connectivity index (χ3v) is 1.65. The fourth-order valence-corrected chi connectivity index (χ4v) is 0.987. The Hall–Kier alpha value is -1.43. The van der Waals surface area contributed by atoms with Gasteiger partial charge >= 0.3 is 0 Å². The fraction of sp³-hybridized carbons (Fsp3) is 0.400. The third-order valence-electron chi connectivity index (χ3n) is 1.65. The molecule has 0 amide bonds. The summed E-state index contributed by atoms with van der Waals surface area (Å²) in [6.07, 6.45) is 1.78. The number of hydrogen-bond acceptors (Lipinski definition) is 4. The SMILES string of the molecule is CC.Cc1ccc(-c2nnn(C)n2)nc1.S. The maximum absolute atomic E-state index is 4.18. The largest absolute Gasteiger partial charge is 0.252 e. The van der Waals surface area contributed by atoms with Gasteiger partial charge in [-0.05, 0) is 23.8 Å². The molecule has 6 heteroatoms. The van der Waals surface area contributed by atoms with Crippen LogP contribution in [0.1, 0.15) is 19.4 Å². The molecule has 0 radical (unpaired) electrons. The van der Waals surface area contributed by atoms with E-state index in [2.05, 4.69) is 20.4 Å². The quantitative estimate of drug-likeness (QED) is 0.760. The highest BCUT2D eigenvalue weighted by Gasteiger charge is 2.03. The summed E-state index contributed by atoms with van der Waals surface area (Å²) in [6.45, 7) is 5.99. The van der Waals surface area contributed by atoms with Gasteiger partial charge in [0.05, 0.1) is 7.05 Å². The summed E-state index contributed by atoms with van der Waals surface area (Å²) >= 11 is 0. The molecule has 2 heterocycles. The molecule has 5 nitrogen and oxygen atoms in total. The Balaban J connectivity index is 0.000000711. The van der Waals surface area contributed by atoms with Gasteiger partial charge < -0.3 is 0 Å². The number of rotatable bonds is 1. The first-order valence-corrected chi connectivity index (χ1v) is 4.93. The molecule has 16 heavy (non-hydrogen) atoms. The topological polar surface area (TPSA) is 56.5 Å². The number of aromatic nitrogens is 5. The molecular weight excluding hydrogens is 222 g/mol. The molecule has 0 aliphatic rings. The zero-order valence-corrected chi connectivity index (χ0v) is 11.0. The predicted octanol–water partition coefficient (Wildman–Crippen LogP) is 1.72. The lowest BCUT2D eigenvalue weighted by Crippen LogP contribution is -1.92. The molecular formula is C10H17N5S. The molecule has 0 aromatic carbocycles. The lowest BCUT2D eigenvalue weighted by molar-refractivity contribution is 0.630. The second kappa shape index (κ2) is 6.95. The van der Waals surface area contributed by atoms with E-state index in [4.69, 9.17) is 0 Å². The van der Waals surface area contributed by atoms with Gasteiger partial charge in [-0.15, -0.1) is 10.2 Å². The molecule has 0 unspecified atom stereocenters. The smallest absolute Gasteiger partial charge is 0.223 e. The van der Waals surface area contributed by atoms with Gasteiger partial charge in [0.2, 0.25) is 5.82 Å². The van der Waals surface area contributed by atoms with Crippen LogP contribution in [-0.2, 0) is 7.05 Å². The average molecular weight is 239 g/mol. The first kappa shape index (κ1) is 14.6. The predicted molar refractivity (Wildman–Crippen MR) is 68.5 cm³/mol. The molecule has 88 valence electrons. The first-order chi connectivity index (χ1) is 7.25. The van der Waals surface area contributed by atoms with E-state index in [-0.39, 0.29) is 13.5 Å². The van der Waals surface area contributed by atoms with E-state index in [1.54, 1.807) is 13.2 Å². The van der Waals surface area contributed by atoms with Crippen molar-refractivity contribution in [2.75, 3.05) is 0 Å². The number of nitrogens with zero attached hydrogens (tertiary/aromatic N) is 5. The van der Waals surface area contributed by atoms with Crippen molar-refractivity contribution in [3.05, 3.63) is 23.9 Å². The van der Waals surface area contributed by atoms with Crippen LogP contribution in [0.15, 0.2) is 18.3 Å². The highest BCUT2D eigenvalue weighted by molar-refractivity contribution is 7.59. The zero-order valence-electron chi connectivity index (χ0n) is 9.97. The van der Waals surface area contributed by atoms with E-state index < -0.39 is 0 Å². The fourth-order valence-electron chi connectivity index (χ4n) is 0.987. The molecule has 0 saturated carbocycles. The van der Waals surface area contributed by atoms with Crippen LogP contribution in [0.5, 0.6) is 0 Å². The van der Waals surface area contributed by atoms with Gasteiger partial charge in [0, 0.05) is 6.20 Å². The van der Waals surface area contributed by atoms with E-state index >= 15 is 0 Å². The van der Waals surface area contributed by atoms with Gasteiger partial charge in [-0.1, -0.05) is 19.9 Å². The summed E-state index contributed by atoms with van der Waals surface area (Å²) in [5.74, 6) is 0.558. The van der Waals surface area contributed by atoms with Crippen molar-refractivity contribution in [1.29, 1.82) is 0 Å². The van der Waals surface area contributed by atoms with Gasteiger partial charge in [0.25, 0.3) is 0 Å². The normalized spacial score (nSPS) is 8.75. The summed E-state index contributed by atoms with van der Waals surface area (Å²) in [5.41, 5.74) is 1.87. The van der Waals surface area contributed by atoms with Gasteiger partial charge in [-0.25, -0.2) is 0 Å². The molecule has 0 fully saturated rings. The Bertz CT molecular complexity index is 409. The minimum Gasteiger partial charge on any atom is -0.252 e. The van der Waals surface area contributed by atoms with E-state index in [0.717, 1.165) is 11.3 Å². The van der Waals surface area contributed by atoms with Crippen LogP contribution in [0.25, 0.3) is 11.5 Å². The minimum absolute atomic E-state index is 0. The summed E-state index contributed by atoms with van der Waals surface area (Å²) in [6, 6.07) is 3.85. The maximum atomic E-state index is 4.18. The van der Waals surface area contributed by atoms with E-state index in [9.17, 15) is 0 Å². The summed E-state index contributed by atoms with van der Waals surface area (Å²) in [5, 5.41) is 11.6. The highest BCUT2D eigenvalue weighted by atomic mass is 32.1. The number of hydrogen-bond donors (Lipinski definition) is 0. The molecule has 2 rings (SSSR count). The lowest BCUT2D eigenvalue weighted by atomic mass is 10.3. The standard InChI is InChI=1S/C8H9N5.C2H6.H2S/c1-6-3-4-7(9-5-6)8-10-12-13(2)11-8;1-2;/h3-5H,1-2H3;1-2H3;1H2. The number of pyridine rings is 1. The van der Waals surface area contributed by atoms with Crippen LogP contribution < -0.4 is 0 Å². The molecule has 0 aliphatic carbocycles. The molecule has 0 aliphatic heterocycles. The van der Waals surface area contributed by atoms with Crippen molar-refractivity contribution in [1.82, 2.24) is 25.2 Å². The molecule has 2 aromatic heterocycles. The van der Waals surface area contributed by atoms with Gasteiger partial charge in [-0.2, -0.15) is 18.3 Å². The van der Waals surface area contributed by atoms with Gasteiger partial charge in [0.15, 0.2) is 0 Å². The number of tetrazole rings is 1. The molecule has 0 N–H and O–H groups in total. The van der Waals surface area contributed by atoms with Crippen LogP contribution in [-0.4, -0.2) is 25.2 Å². The van der Waals surface area contributed by atoms with Crippen LogP contribution in [0.2, 0.25) is 0 Å². The molecule has 2 aromatic rings. The molecule has 0 atom stereocenters. The summed E-state index contributed by atoms with van der Waals surface area (Å²) < 4.78 is 0. The summed E-state index contributed by atoms with van der Waals surface area (Å²) in [7, 11) is 1.73. The average Bonchev–Trinajstić information content (AvgIpc) is 2.69. The Morgan fingerprint density at radius 2 is 1.88 bits per heavy atom. The van der Waals surface area contributed by atoms with E-state index in [0.29, 0.717) is 5.82 Å². The Labute approximate surface area is 102 Å². The second-order valence-electron chi connectivity index (χ2n) is 2.82. The number of aryl methyl sites for hydroxylation is 2. The summed E-state index contributed by atoms with van der Waals surface area (Å²) in [4.78, 5) is 5.60. The van der Waals surface area contributed by atoms with Crippen molar-refractivity contribution in [2.45, 2.75) is 20.8 Å². The molecule has 0 bridgehead atoms. The van der Waals surface area contributed by atoms with Crippen LogP contribution in [0, 0.1) is 6.92 Å². The van der Waals surface area contributed by atoms with Crippen LogP contribution in [0.4, 0.5) is 0 Å². The third kappa shape index (κ3) is 3.62. The minimum atomic E-state index is 0. The van der Waals surface area contributed by atoms with Gasteiger partial charge in [-0.3, -0.25) is 4.98 Å². The second-order valence-corrected chi connectivity index (χ2v) is 2.82. The van der Waals surface area contributed by atoms with Crippen molar-refractivity contribution in [3.63, 3.8) is 0 Å². The van der Waals surface area contributed by atoms with Crippen LogP contribution >= 0.6 is 13.5 Å².